The van der Waals surface area contributed by atoms with E-state index in [2.05, 4.69) is 9.89 Å². The second kappa shape index (κ2) is 9.13. The summed E-state index contributed by atoms with van der Waals surface area (Å²) < 4.78 is 6.62. The van der Waals surface area contributed by atoms with Crippen LogP contribution in [0.3, 0.4) is 0 Å². The van der Waals surface area contributed by atoms with Gasteiger partial charge in [-0.3, -0.25) is 19.3 Å². The van der Waals surface area contributed by atoms with Gasteiger partial charge < -0.3 is 9.84 Å². The molecule has 0 radical (unpaired) electrons. The first-order chi connectivity index (χ1) is 15.1. The molecule has 2 heterocycles. The Hall–Kier alpha value is -3.47. The highest BCUT2D eigenvalue weighted by Crippen LogP contribution is 2.24. The van der Waals surface area contributed by atoms with Crippen LogP contribution in [0, 0.1) is 18.3 Å². The topological polar surface area (TPSA) is 90.8 Å². The average molecular weight is 416 g/mol. The minimum atomic E-state index is -0.478. The van der Waals surface area contributed by atoms with Crippen LogP contribution in [0.4, 0.5) is 5.69 Å². The average Bonchev–Trinajstić information content (AvgIpc) is 2.80. The Balaban J connectivity index is 1.67. The maximum Gasteiger partial charge on any atom is 0.271 e. The van der Waals surface area contributed by atoms with E-state index in [4.69, 9.17) is 4.74 Å². The number of morpholine rings is 1. The molecule has 0 spiro atoms. The van der Waals surface area contributed by atoms with Crippen molar-refractivity contribution < 1.29 is 9.84 Å². The maximum absolute atomic E-state index is 12.8. The Morgan fingerprint density at radius 3 is 2.65 bits per heavy atom. The number of rotatable bonds is 5. The molecule has 0 saturated carbocycles. The van der Waals surface area contributed by atoms with Gasteiger partial charge in [0, 0.05) is 32.4 Å². The monoisotopic (exact) mass is 416 g/mol. The number of pyridine rings is 1. The van der Waals surface area contributed by atoms with Crippen LogP contribution >= 0.6 is 0 Å². The van der Waals surface area contributed by atoms with Crippen LogP contribution in [0.25, 0.3) is 10.8 Å². The van der Waals surface area contributed by atoms with Gasteiger partial charge in [0.15, 0.2) is 0 Å². The largest absolute Gasteiger partial charge is 0.494 e. The zero-order chi connectivity index (χ0) is 21.8. The predicted molar refractivity (Wildman–Crippen MR) is 120 cm³/mol. The molecule has 0 unspecified atom stereocenters. The summed E-state index contributed by atoms with van der Waals surface area (Å²) in [6.45, 7) is 5.41. The number of nitriles is 1. The molecule has 0 atom stereocenters. The summed E-state index contributed by atoms with van der Waals surface area (Å²) in [4.78, 5) is 19.5. The number of aliphatic imine (C=N–C) groups is 1. The minimum absolute atomic E-state index is 0.0275. The Bertz CT molecular complexity index is 1230. The van der Waals surface area contributed by atoms with Crippen LogP contribution in [0.15, 0.2) is 52.3 Å². The lowest BCUT2D eigenvalue weighted by molar-refractivity contribution is 0.0360. The molecule has 1 aliphatic rings. The van der Waals surface area contributed by atoms with Gasteiger partial charge in [0.25, 0.3) is 5.56 Å². The Morgan fingerprint density at radius 1 is 1.16 bits per heavy atom. The molecule has 4 rings (SSSR count). The van der Waals surface area contributed by atoms with Crippen LogP contribution in [-0.4, -0.2) is 53.6 Å². The fourth-order valence-corrected chi connectivity index (χ4v) is 3.80. The van der Waals surface area contributed by atoms with Crippen molar-refractivity contribution in [1.29, 1.82) is 5.26 Å². The first-order valence-corrected chi connectivity index (χ1v) is 10.3. The van der Waals surface area contributed by atoms with Crippen LogP contribution in [0.5, 0.6) is 5.88 Å². The maximum atomic E-state index is 12.8. The zero-order valence-corrected chi connectivity index (χ0v) is 17.4. The third-order valence-corrected chi connectivity index (χ3v) is 5.67. The van der Waals surface area contributed by atoms with E-state index in [0.29, 0.717) is 30.9 Å². The molecule has 158 valence electrons. The lowest BCUT2D eigenvalue weighted by atomic mass is 10.1. The van der Waals surface area contributed by atoms with E-state index in [1.165, 1.54) is 10.8 Å². The van der Waals surface area contributed by atoms with E-state index < -0.39 is 5.56 Å². The summed E-state index contributed by atoms with van der Waals surface area (Å²) in [6.07, 6.45) is 1.53. The summed E-state index contributed by atoms with van der Waals surface area (Å²) in [7, 11) is 0. The van der Waals surface area contributed by atoms with Crippen molar-refractivity contribution in [2.24, 2.45) is 4.99 Å². The van der Waals surface area contributed by atoms with Gasteiger partial charge >= 0.3 is 0 Å². The van der Waals surface area contributed by atoms with Crippen molar-refractivity contribution in [3.63, 3.8) is 0 Å². The molecule has 1 aromatic heterocycles. The molecule has 3 aromatic rings. The Labute approximate surface area is 180 Å². The van der Waals surface area contributed by atoms with E-state index in [1.807, 2.05) is 48.5 Å². The fraction of sp³-hybridized carbons (Fsp3) is 0.292. The molecule has 0 amide bonds. The van der Waals surface area contributed by atoms with Gasteiger partial charge in [0.2, 0.25) is 5.88 Å². The summed E-state index contributed by atoms with van der Waals surface area (Å²) >= 11 is 0. The van der Waals surface area contributed by atoms with Crippen molar-refractivity contribution in [3.8, 4) is 11.9 Å². The van der Waals surface area contributed by atoms with E-state index in [9.17, 15) is 15.2 Å². The molecule has 1 N–H and O–H groups in total. The molecule has 0 aliphatic carbocycles. The van der Waals surface area contributed by atoms with Crippen LogP contribution in [0.1, 0.15) is 16.7 Å². The van der Waals surface area contributed by atoms with Gasteiger partial charge in [-0.1, -0.05) is 30.3 Å². The molecule has 2 aromatic carbocycles. The third-order valence-electron chi connectivity index (χ3n) is 5.67. The van der Waals surface area contributed by atoms with E-state index in [-0.39, 0.29) is 18.0 Å². The minimum Gasteiger partial charge on any atom is -0.494 e. The summed E-state index contributed by atoms with van der Waals surface area (Å²) in [5.74, 6) is -0.167. The molecule has 1 saturated heterocycles. The normalized spacial score (nSPS) is 14.8. The summed E-state index contributed by atoms with van der Waals surface area (Å²) in [6, 6.07) is 15.8. The fourth-order valence-electron chi connectivity index (χ4n) is 3.80. The highest BCUT2D eigenvalue weighted by molar-refractivity contribution is 5.90. The number of hydrogen-bond donors (Lipinski definition) is 1. The smallest absolute Gasteiger partial charge is 0.271 e. The third kappa shape index (κ3) is 4.36. The highest BCUT2D eigenvalue weighted by atomic mass is 16.5. The number of fused-ring (bicyclic) bond motifs is 1. The van der Waals surface area contributed by atoms with Crippen molar-refractivity contribution in [3.05, 3.63) is 69.5 Å². The first kappa shape index (κ1) is 20.8. The molecular weight excluding hydrogens is 392 g/mol. The molecule has 0 bridgehead atoms. The van der Waals surface area contributed by atoms with Gasteiger partial charge in [-0.15, -0.1) is 0 Å². The van der Waals surface area contributed by atoms with Crippen molar-refractivity contribution >= 4 is 22.7 Å². The van der Waals surface area contributed by atoms with Gasteiger partial charge in [-0.2, -0.15) is 5.26 Å². The van der Waals surface area contributed by atoms with Crippen molar-refractivity contribution in [1.82, 2.24) is 9.47 Å². The van der Waals surface area contributed by atoms with Crippen LogP contribution < -0.4 is 5.56 Å². The van der Waals surface area contributed by atoms with Gasteiger partial charge in [0.05, 0.1) is 24.5 Å². The number of ether oxygens (including phenoxy) is 1. The first-order valence-electron chi connectivity index (χ1n) is 10.3. The van der Waals surface area contributed by atoms with Crippen molar-refractivity contribution in [2.75, 3.05) is 32.8 Å². The second-order valence-electron chi connectivity index (χ2n) is 7.55. The van der Waals surface area contributed by atoms with Gasteiger partial charge in [0.1, 0.15) is 11.6 Å². The number of nitrogens with zero attached hydrogens (tertiary/aromatic N) is 4. The van der Waals surface area contributed by atoms with Crippen LogP contribution in [0.2, 0.25) is 0 Å². The summed E-state index contributed by atoms with van der Waals surface area (Å²) in [5, 5.41) is 22.6. The van der Waals surface area contributed by atoms with Crippen LogP contribution in [-0.2, 0) is 11.3 Å². The quantitative estimate of drug-likeness (QED) is 0.646. The molecule has 31 heavy (non-hydrogen) atoms. The molecule has 7 nitrogen and oxygen atoms in total. The standard InChI is InChI=1S/C24H24N4O3/c1-17-21(15-25)23(29)28(9-8-27-10-12-31-13-11-27)24(30)22(17)16-26-20-7-6-18-4-2-3-5-19(18)14-20/h2-7,14,16,30H,8-13H2,1H3. The van der Waals surface area contributed by atoms with E-state index in [1.54, 1.807) is 6.92 Å². The van der Waals surface area contributed by atoms with E-state index >= 15 is 0 Å². The van der Waals surface area contributed by atoms with E-state index in [0.717, 1.165) is 29.5 Å². The van der Waals surface area contributed by atoms with Crippen molar-refractivity contribution in [2.45, 2.75) is 13.5 Å². The van der Waals surface area contributed by atoms with Gasteiger partial charge in [-0.25, -0.2) is 0 Å². The second-order valence-corrected chi connectivity index (χ2v) is 7.55. The molecular formula is C24H24N4O3. The summed E-state index contributed by atoms with van der Waals surface area (Å²) in [5.41, 5.74) is 1.08. The predicted octanol–water partition coefficient (Wildman–Crippen LogP) is 2.97. The zero-order valence-electron chi connectivity index (χ0n) is 17.4. The molecule has 7 heteroatoms. The lowest BCUT2D eigenvalue weighted by Gasteiger charge is -2.27. The molecule has 1 fully saturated rings. The highest BCUT2D eigenvalue weighted by Gasteiger charge is 2.19. The number of benzene rings is 2. The Morgan fingerprint density at radius 2 is 1.90 bits per heavy atom. The van der Waals surface area contributed by atoms with Gasteiger partial charge in [-0.05, 0) is 35.4 Å². The number of aromatic hydroxyl groups is 1. The number of aromatic nitrogens is 1. The lowest BCUT2D eigenvalue weighted by Crippen LogP contribution is -2.39. The SMILES string of the molecule is Cc1c(C=Nc2ccc3ccccc3c2)c(O)n(CCN2CCOCC2)c(=O)c1C#N. The Kier molecular flexibility index (Phi) is 6.12. The molecule has 1 aliphatic heterocycles. The number of hydrogen-bond acceptors (Lipinski definition) is 6.